The average molecular weight is 408 g/mol. The molecule has 0 radical (unpaired) electrons. The molecule has 4 aromatic rings. The third-order valence-electron chi connectivity index (χ3n) is 5.35. The Bertz CT molecular complexity index is 1410. The molecular weight excluding hydrogens is 390 g/mol. The topological polar surface area (TPSA) is 61.8 Å². The summed E-state index contributed by atoms with van der Waals surface area (Å²) in [6.07, 6.45) is 2.89. The van der Waals surface area contributed by atoms with Crippen molar-refractivity contribution in [2.45, 2.75) is 32.4 Å². The van der Waals surface area contributed by atoms with Crippen LogP contribution in [0.1, 0.15) is 30.0 Å². The fraction of sp³-hybridized carbons (Fsp3) is 0.227. The Morgan fingerprint density at radius 3 is 2.60 bits per heavy atom. The van der Waals surface area contributed by atoms with Gasteiger partial charge in [0.05, 0.1) is 12.0 Å². The summed E-state index contributed by atoms with van der Waals surface area (Å²) in [4.78, 5) is 30.7. The zero-order chi connectivity index (χ0) is 21.0. The van der Waals surface area contributed by atoms with Crippen LogP contribution in [0.15, 0.2) is 58.4 Å². The van der Waals surface area contributed by atoms with Crippen molar-refractivity contribution in [3.05, 3.63) is 92.4 Å². The Balaban J connectivity index is 1.79. The van der Waals surface area contributed by atoms with E-state index in [4.69, 9.17) is 0 Å². The zero-order valence-electron chi connectivity index (χ0n) is 16.2. The van der Waals surface area contributed by atoms with Crippen LogP contribution in [0.25, 0.3) is 16.9 Å². The van der Waals surface area contributed by atoms with Gasteiger partial charge in [-0.3, -0.25) is 9.36 Å². The van der Waals surface area contributed by atoms with E-state index in [0.717, 1.165) is 21.8 Å². The monoisotopic (exact) mass is 408 g/mol. The van der Waals surface area contributed by atoms with Gasteiger partial charge in [0.25, 0.3) is 5.56 Å². The highest BCUT2D eigenvalue weighted by atomic mass is 19.1. The second-order valence-corrected chi connectivity index (χ2v) is 7.65. The van der Waals surface area contributed by atoms with E-state index in [1.165, 1.54) is 17.0 Å². The number of halogens is 2. The molecule has 1 saturated carbocycles. The van der Waals surface area contributed by atoms with E-state index in [-0.39, 0.29) is 22.9 Å². The zero-order valence-corrected chi connectivity index (χ0v) is 16.2. The Labute approximate surface area is 169 Å². The third-order valence-corrected chi connectivity index (χ3v) is 5.35. The SMILES string of the molecule is Cc1cccc(Cn2cnc3c2c(=O)n(C2CC2)c(=O)n3-c2ccc(F)cc2F)c1. The van der Waals surface area contributed by atoms with Gasteiger partial charge in [-0.1, -0.05) is 29.8 Å². The van der Waals surface area contributed by atoms with E-state index >= 15 is 0 Å². The molecule has 0 saturated heterocycles. The molecule has 0 N–H and O–H groups in total. The summed E-state index contributed by atoms with van der Waals surface area (Å²) in [7, 11) is 0. The van der Waals surface area contributed by atoms with E-state index in [2.05, 4.69) is 4.98 Å². The molecule has 0 aliphatic heterocycles. The first-order chi connectivity index (χ1) is 14.4. The van der Waals surface area contributed by atoms with E-state index in [9.17, 15) is 18.4 Å². The number of hydrogen-bond donors (Lipinski definition) is 0. The number of aryl methyl sites for hydroxylation is 1. The fourth-order valence-electron chi connectivity index (χ4n) is 3.81. The highest BCUT2D eigenvalue weighted by molar-refractivity contribution is 5.72. The number of hydrogen-bond acceptors (Lipinski definition) is 3. The van der Waals surface area contributed by atoms with Crippen LogP contribution in [-0.4, -0.2) is 18.7 Å². The highest BCUT2D eigenvalue weighted by Crippen LogP contribution is 2.32. The van der Waals surface area contributed by atoms with Crippen LogP contribution in [-0.2, 0) is 6.54 Å². The molecule has 0 atom stereocenters. The van der Waals surface area contributed by atoms with Crippen molar-refractivity contribution >= 4 is 11.2 Å². The lowest BCUT2D eigenvalue weighted by molar-refractivity contribution is 0.570. The van der Waals surface area contributed by atoms with Crippen LogP contribution >= 0.6 is 0 Å². The summed E-state index contributed by atoms with van der Waals surface area (Å²) in [6, 6.07) is 10.6. The fourth-order valence-corrected chi connectivity index (χ4v) is 3.81. The normalized spacial score (nSPS) is 13.8. The van der Waals surface area contributed by atoms with Crippen molar-refractivity contribution in [3.63, 3.8) is 0 Å². The summed E-state index contributed by atoms with van der Waals surface area (Å²) < 4.78 is 31.9. The third kappa shape index (κ3) is 2.96. The van der Waals surface area contributed by atoms with E-state index < -0.39 is 22.9 Å². The van der Waals surface area contributed by atoms with Crippen molar-refractivity contribution in [1.29, 1.82) is 0 Å². The number of imidazole rings is 1. The molecule has 1 aliphatic carbocycles. The summed E-state index contributed by atoms with van der Waals surface area (Å²) in [5, 5.41) is 0. The van der Waals surface area contributed by atoms with E-state index in [0.29, 0.717) is 25.5 Å². The first-order valence-electron chi connectivity index (χ1n) is 9.67. The molecular formula is C22H18F2N4O2. The van der Waals surface area contributed by atoms with E-state index in [1.54, 1.807) is 4.57 Å². The number of aromatic nitrogens is 4. The van der Waals surface area contributed by atoms with Crippen LogP contribution in [0.2, 0.25) is 0 Å². The molecule has 0 spiro atoms. The van der Waals surface area contributed by atoms with Crippen LogP contribution in [0, 0.1) is 18.6 Å². The Morgan fingerprint density at radius 2 is 1.90 bits per heavy atom. The van der Waals surface area contributed by atoms with Crippen molar-refractivity contribution in [3.8, 4) is 5.69 Å². The first-order valence-corrected chi connectivity index (χ1v) is 9.67. The second-order valence-electron chi connectivity index (χ2n) is 7.65. The molecule has 8 heteroatoms. The van der Waals surface area contributed by atoms with Gasteiger partial charge >= 0.3 is 5.69 Å². The van der Waals surface area contributed by atoms with Gasteiger partial charge in [0.15, 0.2) is 11.2 Å². The Kier molecular flexibility index (Phi) is 4.16. The van der Waals surface area contributed by atoms with Crippen molar-refractivity contribution in [2.24, 2.45) is 0 Å². The molecule has 1 fully saturated rings. The molecule has 0 unspecified atom stereocenters. The Hall–Kier alpha value is -3.55. The minimum absolute atomic E-state index is 0.0556. The van der Waals surface area contributed by atoms with E-state index in [1.807, 2.05) is 31.2 Å². The van der Waals surface area contributed by atoms with Gasteiger partial charge in [0, 0.05) is 18.7 Å². The molecule has 5 rings (SSSR count). The molecule has 0 bridgehead atoms. The molecule has 2 aromatic heterocycles. The maximum Gasteiger partial charge on any atom is 0.337 e. The number of benzene rings is 2. The lowest BCUT2D eigenvalue weighted by atomic mass is 10.1. The predicted octanol–water partition coefficient (Wildman–Crippen LogP) is 3.32. The molecule has 1 aliphatic rings. The van der Waals surface area contributed by atoms with Gasteiger partial charge in [-0.25, -0.2) is 23.1 Å². The average Bonchev–Trinajstić information content (AvgIpc) is 3.44. The minimum atomic E-state index is -0.896. The molecule has 6 nitrogen and oxygen atoms in total. The largest absolute Gasteiger partial charge is 0.337 e. The quantitative estimate of drug-likeness (QED) is 0.521. The summed E-state index contributed by atoms with van der Waals surface area (Å²) >= 11 is 0. The minimum Gasteiger partial charge on any atom is -0.320 e. The van der Waals surface area contributed by atoms with Gasteiger partial charge < -0.3 is 4.57 Å². The van der Waals surface area contributed by atoms with Crippen LogP contribution in [0.5, 0.6) is 0 Å². The molecule has 30 heavy (non-hydrogen) atoms. The maximum atomic E-state index is 14.6. The summed E-state index contributed by atoms with van der Waals surface area (Å²) in [5.74, 6) is -1.64. The van der Waals surface area contributed by atoms with Crippen LogP contribution in [0.4, 0.5) is 8.78 Å². The van der Waals surface area contributed by atoms with Crippen LogP contribution in [0.3, 0.4) is 0 Å². The number of rotatable bonds is 4. The maximum absolute atomic E-state index is 14.6. The lowest BCUT2D eigenvalue weighted by Crippen LogP contribution is -2.40. The standard InChI is InChI=1S/C22H18F2N4O2/c1-13-3-2-4-14(9-13)11-26-12-25-20-19(26)21(29)27(16-6-7-16)22(30)28(20)18-8-5-15(23)10-17(18)24/h2-5,8-10,12,16H,6-7,11H2,1H3. The van der Waals surface area contributed by atoms with Crippen molar-refractivity contribution in [2.75, 3.05) is 0 Å². The van der Waals surface area contributed by atoms with Crippen LogP contribution < -0.4 is 11.2 Å². The summed E-state index contributed by atoms with van der Waals surface area (Å²) in [6.45, 7) is 2.35. The van der Waals surface area contributed by atoms with Gasteiger partial charge in [-0.2, -0.15) is 0 Å². The summed E-state index contributed by atoms with van der Waals surface area (Å²) in [5.41, 5.74) is 1.08. The van der Waals surface area contributed by atoms with Gasteiger partial charge in [-0.05, 0) is 37.5 Å². The predicted molar refractivity (Wildman–Crippen MR) is 108 cm³/mol. The number of fused-ring (bicyclic) bond motifs is 1. The highest BCUT2D eigenvalue weighted by Gasteiger charge is 2.31. The first kappa shape index (κ1) is 18.5. The Morgan fingerprint density at radius 1 is 1.10 bits per heavy atom. The molecule has 2 aromatic carbocycles. The molecule has 0 amide bonds. The lowest BCUT2D eigenvalue weighted by Gasteiger charge is -2.13. The van der Waals surface area contributed by atoms with Gasteiger partial charge in [0.1, 0.15) is 11.6 Å². The smallest absolute Gasteiger partial charge is 0.320 e. The number of nitrogens with zero attached hydrogens (tertiary/aromatic N) is 4. The van der Waals surface area contributed by atoms with Crippen molar-refractivity contribution < 1.29 is 8.78 Å². The molecule has 152 valence electrons. The van der Waals surface area contributed by atoms with Gasteiger partial charge in [0.2, 0.25) is 0 Å². The molecule has 2 heterocycles. The van der Waals surface area contributed by atoms with Crippen molar-refractivity contribution in [1.82, 2.24) is 18.7 Å². The second kappa shape index (κ2) is 6.76. The van der Waals surface area contributed by atoms with Gasteiger partial charge in [-0.15, -0.1) is 0 Å².